The minimum Gasteiger partial charge on any atom is -0.490 e. The second-order valence-corrected chi connectivity index (χ2v) is 7.61. The number of para-hydroxylation sites is 1. The molecule has 0 spiro atoms. The quantitative estimate of drug-likeness (QED) is 0.318. The van der Waals surface area contributed by atoms with Gasteiger partial charge in [0.25, 0.3) is 10.1 Å². The van der Waals surface area contributed by atoms with Crippen molar-refractivity contribution in [2.75, 3.05) is 5.75 Å². The molecule has 0 bridgehead atoms. The summed E-state index contributed by atoms with van der Waals surface area (Å²) in [7, 11) is -3.94. The third-order valence-corrected chi connectivity index (χ3v) is 4.62. The van der Waals surface area contributed by atoms with Gasteiger partial charge in [-0.2, -0.15) is 8.42 Å². The van der Waals surface area contributed by atoms with E-state index in [4.69, 9.17) is 9.29 Å². The van der Waals surface area contributed by atoms with E-state index in [1.54, 1.807) is 0 Å². The number of hydrogen-bond acceptors (Lipinski definition) is 3. The first-order chi connectivity index (χ1) is 11.0. The zero-order valence-electron chi connectivity index (χ0n) is 15.1. The molecule has 1 unspecified atom stereocenters. The van der Waals surface area contributed by atoms with Crippen LogP contribution in [0.4, 0.5) is 0 Å². The van der Waals surface area contributed by atoms with Crippen LogP contribution in [-0.2, 0) is 10.1 Å². The van der Waals surface area contributed by atoms with E-state index < -0.39 is 10.1 Å². The molecule has 0 saturated heterocycles. The summed E-state index contributed by atoms with van der Waals surface area (Å²) in [6.45, 7) is 2.21. The zero-order valence-corrected chi connectivity index (χ0v) is 17.9. The molecule has 24 heavy (non-hydrogen) atoms. The fourth-order valence-corrected chi connectivity index (χ4v) is 3.12. The smallest absolute Gasteiger partial charge is 0.264 e. The van der Waals surface area contributed by atoms with Crippen LogP contribution in [0.3, 0.4) is 0 Å². The molecule has 0 amide bonds. The van der Waals surface area contributed by atoms with Crippen molar-refractivity contribution < 1.29 is 17.7 Å². The molecule has 133 valence electrons. The average molecular weight is 365 g/mol. The van der Waals surface area contributed by atoms with Crippen LogP contribution in [0.25, 0.3) is 0 Å². The summed E-state index contributed by atoms with van der Waals surface area (Å²) in [4.78, 5) is 0. The van der Waals surface area contributed by atoms with Crippen molar-refractivity contribution in [1.29, 1.82) is 0 Å². The van der Waals surface area contributed by atoms with Crippen LogP contribution < -0.4 is 4.74 Å². The molecule has 0 aromatic heterocycles. The Morgan fingerprint density at radius 1 is 0.958 bits per heavy atom. The molecule has 1 aromatic rings. The molecule has 0 aliphatic rings. The third kappa shape index (κ3) is 13.2. The summed E-state index contributed by atoms with van der Waals surface area (Å²) >= 11 is 0. The van der Waals surface area contributed by atoms with Crippen LogP contribution in [0.5, 0.6) is 5.75 Å². The van der Waals surface area contributed by atoms with Crippen LogP contribution in [-0.4, -0.2) is 54.4 Å². The number of rotatable bonds is 13. The molecule has 0 fully saturated rings. The van der Waals surface area contributed by atoms with E-state index in [1.807, 2.05) is 30.3 Å². The normalized spacial score (nSPS) is 12.4. The van der Waals surface area contributed by atoms with Crippen LogP contribution in [0, 0.1) is 0 Å². The maximum Gasteiger partial charge on any atom is 0.264 e. The predicted molar refractivity (Wildman–Crippen MR) is 100 cm³/mol. The largest absolute Gasteiger partial charge is 0.490 e. The maximum atomic E-state index is 11.0. The van der Waals surface area contributed by atoms with Gasteiger partial charge in [0, 0.05) is 36.0 Å². The standard InChI is InChI=1S/C18H30O4S.Na/c1-2-3-4-5-6-7-9-14-18(15-16-23(19,20)21)22-17-12-10-8-11-13-17;/h8,10-13,18H,2-7,9,14-16H2,1H3,(H,19,20,21);. The van der Waals surface area contributed by atoms with E-state index in [9.17, 15) is 8.42 Å². The van der Waals surface area contributed by atoms with Gasteiger partial charge in [-0.25, -0.2) is 0 Å². The van der Waals surface area contributed by atoms with Crippen molar-refractivity contribution in [1.82, 2.24) is 0 Å². The number of hydrogen-bond donors (Lipinski definition) is 1. The Bertz CT molecular complexity index is 505. The van der Waals surface area contributed by atoms with Crippen LogP contribution in [0.1, 0.15) is 64.7 Å². The minimum absolute atomic E-state index is 0. The van der Waals surface area contributed by atoms with Crippen LogP contribution in [0.15, 0.2) is 30.3 Å². The number of ether oxygens (including phenoxy) is 1. The third-order valence-electron chi connectivity index (χ3n) is 3.87. The number of benzene rings is 1. The molecule has 0 aliphatic carbocycles. The fourth-order valence-electron chi connectivity index (χ4n) is 2.56. The summed E-state index contributed by atoms with van der Waals surface area (Å²) in [5.41, 5.74) is 0. The van der Waals surface area contributed by atoms with Gasteiger partial charge in [0.1, 0.15) is 5.75 Å². The SMILES string of the molecule is CCCCCCCCCC(CCS(=O)(=O)O)Oc1ccccc1.[Na]. The molecule has 4 nitrogen and oxygen atoms in total. The minimum atomic E-state index is -3.94. The first-order valence-corrected chi connectivity index (χ1v) is 10.3. The molecule has 1 radical (unpaired) electrons. The van der Waals surface area contributed by atoms with Crippen molar-refractivity contribution in [3.8, 4) is 5.75 Å². The Labute approximate surface area is 169 Å². The molecule has 0 aliphatic heterocycles. The molecule has 1 aromatic carbocycles. The molecule has 1 rings (SSSR count). The Morgan fingerprint density at radius 3 is 2.12 bits per heavy atom. The Kier molecular flexibility index (Phi) is 14.1. The van der Waals surface area contributed by atoms with Gasteiger partial charge in [-0.1, -0.05) is 63.6 Å². The van der Waals surface area contributed by atoms with Crippen molar-refractivity contribution in [2.24, 2.45) is 0 Å². The average Bonchev–Trinajstić information content (AvgIpc) is 2.51. The van der Waals surface area contributed by atoms with Crippen LogP contribution in [0.2, 0.25) is 0 Å². The van der Waals surface area contributed by atoms with Crippen molar-refractivity contribution in [3.63, 3.8) is 0 Å². The zero-order chi connectivity index (χ0) is 17.0. The molecule has 0 saturated carbocycles. The summed E-state index contributed by atoms with van der Waals surface area (Å²) in [6.07, 6.45) is 9.47. The predicted octanol–water partition coefficient (Wildman–Crippen LogP) is 4.47. The van der Waals surface area contributed by atoms with E-state index in [2.05, 4.69) is 6.92 Å². The Balaban J connectivity index is 0.00000529. The monoisotopic (exact) mass is 365 g/mol. The Morgan fingerprint density at radius 2 is 1.54 bits per heavy atom. The van der Waals surface area contributed by atoms with Gasteiger partial charge in [0.2, 0.25) is 0 Å². The summed E-state index contributed by atoms with van der Waals surface area (Å²) in [5, 5.41) is 0. The van der Waals surface area contributed by atoms with E-state index >= 15 is 0 Å². The summed E-state index contributed by atoms with van der Waals surface area (Å²) in [5.74, 6) is 0.497. The molecule has 1 atom stereocenters. The molecule has 6 heteroatoms. The van der Waals surface area contributed by atoms with Crippen molar-refractivity contribution >= 4 is 39.7 Å². The molecular weight excluding hydrogens is 335 g/mol. The first-order valence-electron chi connectivity index (χ1n) is 8.68. The van der Waals surface area contributed by atoms with E-state index in [0.717, 1.165) is 25.0 Å². The summed E-state index contributed by atoms with van der Waals surface area (Å²) in [6, 6.07) is 9.43. The summed E-state index contributed by atoms with van der Waals surface area (Å²) < 4.78 is 36.8. The van der Waals surface area contributed by atoms with E-state index in [0.29, 0.717) is 6.42 Å². The molecular formula is C18H30NaO4S. The van der Waals surface area contributed by atoms with E-state index in [1.165, 1.54) is 32.1 Å². The van der Waals surface area contributed by atoms with Crippen molar-refractivity contribution in [3.05, 3.63) is 30.3 Å². The van der Waals surface area contributed by atoms with E-state index in [-0.39, 0.29) is 41.4 Å². The topological polar surface area (TPSA) is 63.6 Å². The van der Waals surface area contributed by atoms with Gasteiger partial charge < -0.3 is 4.74 Å². The molecule has 0 heterocycles. The first kappa shape index (κ1) is 23.9. The van der Waals surface area contributed by atoms with Crippen molar-refractivity contribution in [2.45, 2.75) is 70.8 Å². The maximum absolute atomic E-state index is 11.0. The van der Waals surface area contributed by atoms with Gasteiger partial charge in [0.15, 0.2) is 0 Å². The second kappa shape index (κ2) is 14.1. The van der Waals surface area contributed by atoms with Crippen LogP contribution >= 0.6 is 0 Å². The molecule has 1 N–H and O–H groups in total. The van der Waals surface area contributed by atoms with Gasteiger partial charge in [-0.05, 0) is 25.0 Å². The van der Waals surface area contributed by atoms with Gasteiger partial charge in [0.05, 0.1) is 11.9 Å². The number of unbranched alkanes of at least 4 members (excludes halogenated alkanes) is 6. The second-order valence-electron chi connectivity index (χ2n) is 6.04. The van der Waals surface area contributed by atoms with Gasteiger partial charge >= 0.3 is 0 Å². The fraction of sp³-hybridized carbons (Fsp3) is 0.667. The Hall–Kier alpha value is -0.0700. The van der Waals surface area contributed by atoms with Gasteiger partial charge in [-0.3, -0.25) is 4.55 Å². The van der Waals surface area contributed by atoms with Gasteiger partial charge in [-0.15, -0.1) is 0 Å².